The van der Waals surface area contributed by atoms with E-state index in [0.29, 0.717) is 5.75 Å². The maximum Gasteiger partial charge on any atom is 0.287 e. The zero-order valence-electron chi connectivity index (χ0n) is 10.4. The normalized spacial score (nSPS) is 11.2. The Bertz CT molecular complexity index is 720. The summed E-state index contributed by atoms with van der Waals surface area (Å²) in [6, 6.07) is 7.41. The predicted octanol–water partition coefficient (Wildman–Crippen LogP) is 2.64. The van der Waals surface area contributed by atoms with Crippen molar-refractivity contribution in [3.05, 3.63) is 56.8 Å². The van der Waals surface area contributed by atoms with Crippen molar-refractivity contribution in [1.29, 1.82) is 0 Å². The van der Waals surface area contributed by atoms with Crippen molar-refractivity contribution in [2.45, 2.75) is 0 Å². The second kappa shape index (κ2) is 6.18. The van der Waals surface area contributed by atoms with Gasteiger partial charge in [0.05, 0.1) is 4.92 Å². The first-order valence-electron chi connectivity index (χ1n) is 5.57. The maximum absolute atomic E-state index is 10.9. The predicted molar refractivity (Wildman–Crippen MR) is 77.6 cm³/mol. The first-order valence-corrected chi connectivity index (χ1v) is 6.37. The SMILES string of the molecule is N/C(=N/O)c1cc(Oc2cccc([N+](=O)[O-])c2Br)ccn1. The Morgan fingerprint density at radius 3 is 2.90 bits per heavy atom. The third-order valence-corrected chi connectivity index (χ3v) is 3.27. The van der Waals surface area contributed by atoms with Gasteiger partial charge in [-0.15, -0.1) is 0 Å². The van der Waals surface area contributed by atoms with Crippen molar-refractivity contribution in [3.8, 4) is 11.5 Å². The molecule has 108 valence electrons. The third kappa shape index (κ3) is 3.26. The van der Waals surface area contributed by atoms with Gasteiger partial charge in [0.25, 0.3) is 5.69 Å². The molecule has 0 aliphatic rings. The molecule has 21 heavy (non-hydrogen) atoms. The number of hydrogen-bond donors (Lipinski definition) is 2. The quantitative estimate of drug-likeness (QED) is 0.286. The molecule has 2 rings (SSSR count). The highest BCUT2D eigenvalue weighted by Crippen LogP contribution is 2.36. The molecular formula is C12H9BrN4O4. The largest absolute Gasteiger partial charge is 0.456 e. The fourth-order valence-corrected chi connectivity index (χ4v) is 2.00. The van der Waals surface area contributed by atoms with E-state index < -0.39 is 4.92 Å². The molecule has 0 saturated heterocycles. The molecule has 0 unspecified atom stereocenters. The van der Waals surface area contributed by atoms with Crippen LogP contribution in [0.5, 0.6) is 11.5 Å². The number of benzene rings is 1. The molecule has 1 aromatic carbocycles. The molecule has 1 aromatic heterocycles. The van der Waals surface area contributed by atoms with Crippen LogP contribution in [-0.2, 0) is 0 Å². The zero-order valence-corrected chi connectivity index (χ0v) is 12.0. The zero-order chi connectivity index (χ0) is 15.4. The van der Waals surface area contributed by atoms with E-state index in [0.717, 1.165) is 0 Å². The summed E-state index contributed by atoms with van der Waals surface area (Å²) in [5.41, 5.74) is 5.54. The van der Waals surface area contributed by atoms with Crippen molar-refractivity contribution in [2.24, 2.45) is 10.9 Å². The van der Waals surface area contributed by atoms with E-state index in [9.17, 15) is 10.1 Å². The summed E-state index contributed by atoms with van der Waals surface area (Å²) in [6.07, 6.45) is 1.41. The van der Waals surface area contributed by atoms with Gasteiger partial charge >= 0.3 is 0 Å². The molecule has 0 aliphatic heterocycles. The summed E-state index contributed by atoms with van der Waals surface area (Å²) in [5, 5.41) is 22.3. The number of halogens is 1. The first kappa shape index (κ1) is 14.7. The summed E-state index contributed by atoms with van der Waals surface area (Å²) in [5.74, 6) is 0.437. The fourth-order valence-electron chi connectivity index (χ4n) is 1.51. The van der Waals surface area contributed by atoms with Crippen LogP contribution in [0.1, 0.15) is 5.69 Å². The van der Waals surface area contributed by atoms with E-state index in [4.69, 9.17) is 15.7 Å². The van der Waals surface area contributed by atoms with Gasteiger partial charge in [-0.05, 0) is 28.1 Å². The van der Waals surface area contributed by atoms with Crippen LogP contribution in [0.3, 0.4) is 0 Å². The molecule has 0 radical (unpaired) electrons. The standard InChI is InChI=1S/C12H9BrN4O4/c13-11-9(17(19)20)2-1-3-10(11)21-7-4-5-15-8(6-7)12(14)16-18/h1-6,18H,(H2,14,16). The molecule has 8 nitrogen and oxygen atoms in total. The average molecular weight is 353 g/mol. The van der Waals surface area contributed by atoms with Crippen LogP contribution >= 0.6 is 15.9 Å². The molecule has 0 saturated carbocycles. The van der Waals surface area contributed by atoms with Gasteiger partial charge in [-0.1, -0.05) is 11.2 Å². The number of rotatable bonds is 4. The highest BCUT2D eigenvalue weighted by Gasteiger charge is 2.16. The molecular weight excluding hydrogens is 344 g/mol. The molecule has 9 heteroatoms. The number of nitrogens with two attached hydrogens (primary N) is 1. The maximum atomic E-state index is 10.9. The van der Waals surface area contributed by atoms with Crippen LogP contribution in [0, 0.1) is 10.1 Å². The average Bonchev–Trinajstić information content (AvgIpc) is 2.48. The van der Waals surface area contributed by atoms with Crippen LogP contribution in [0.25, 0.3) is 0 Å². The number of aromatic nitrogens is 1. The Kier molecular flexibility index (Phi) is 4.33. The lowest BCUT2D eigenvalue weighted by Crippen LogP contribution is -2.14. The number of oxime groups is 1. The Labute approximate surface area is 127 Å². The monoisotopic (exact) mass is 352 g/mol. The van der Waals surface area contributed by atoms with E-state index in [1.54, 1.807) is 12.1 Å². The van der Waals surface area contributed by atoms with Crippen molar-refractivity contribution in [2.75, 3.05) is 0 Å². The summed E-state index contributed by atoms with van der Waals surface area (Å²) in [6.45, 7) is 0. The van der Waals surface area contributed by atoms with Gasteiger partial charge < -0.3 is 15.7 Å². The van der Waals surface area contributed by atoms with Crippen LogP contribution in [0.15, 0.2) is 46.2 Å². The second-order valence-corrected chi connectivity index (χ2v) is 4.60. The summed E-state index contributed by atoms with van der Waals surface area (Å²) in [7, 11) is 0. The number of nitro groups is 1. The van der Waals surface area contributed by atoms with Gasteiger partial charge in [-0.25, -0.2) is 0 Å². The lowest BCUT2D eigenvalue weighted by Gasteiger charge is -2.08. The fraction of sp³-hybridized carbons (Fsp3) is 0. The molecule has 0 aliphatic carbocycles. The van der Waals surface area contributed by atoms with Crippen molar-refractivity contribution < 1.29 is 14.9 Å². The van der Waals surface area contributed by atoms with E-state index in [2.05, 4.69) is 26.1 Å². The lowest BCUT2D eigenvalue weighted by molar-refractivity contribution is -0.385. The molecule has 1 heterocycles. The van der Waals surface area contributed by atoms with Crippen molar-refractivity contribution in [3.63, 3.8) is 0 Å². The summed E-state index contributed by atoms with van der Waals surface area (Å²) < 4.78 is 5.77. The third-order valence-electron chi connectivity index (χ3n) is 2.47. The Morgan fingerprint density at radius 2 is 2.24 bits per heavy atom. The Hall–Kier alpha value is -2.68. The van der Waals surface area contributed by atoms with Gasteiger partial charge in [-0.3, -0.25) is 15.1 Å². The highest BCUT2D eigenvalue weighted by atomic mass is 79.9. The lowest BCUT2D eigenvalue weighted by atomic mass is 10.3. The van der Waals surface area contributed by atoms with Gasteiger partial charge in [0.1, 0.15) is 21.7 Å². The molecule has 0 amide bonds. The number of ether oxygens (including phenoxy) is 1. The summed E-state index contributed by atoms with van der Waals surface area (Å²) >= 11 is 3.13. The molecule has 0 bridgehead atoms. The number of hydrogen-bond acceptors (Lipinski definition) is 6. The van der Waals surface area contributed by atoms with Crippen molar-refractivity contribution >= 4 is 27.5 Å². The minimum Gasteiger partial charge on any atom is -0.456 e. The molecule has 0 atom stereocenters. The minimum absolute atomic E-state index is 0.113. The minimum atomic E-state index is -0.522. The van der Waals surface area contributed by atoms with Gasteiger partial charge in [0.2, 0.25) is 0 Å². The van der Waals surface area contributed by atoms with E-state index in [1.807, 2.05) is 0 Å². The van der Waals surface area contributed by atoms with Crippen LogP contribution in [-0.4, -0.2) is 21.0 Å². The number of pyridine rings is 1. The topological polar surface area (TPSA) is 124 Å². The van der Waals surface area contributed by atoms with Crippen LogP contribution < -0.4 is 10.5 Å². The van der Waals surface area contributed by atoms with Gasteiger partial charge in [0.15, 0.2) is 5.84 Å². The van der Waals surface area contributed by atoms with Crippen LogP contribution in [0.4, 0.5) is 5.69 Å². The van der Waals surface area contributed by atoms with Gasteiger partial charge in [-0.2, -0.15) is 0 Å². The Balaban J connectivity index is 2.35. The number of nitro benzene ring substituents is 1. The molecule has 0 spiro atoms. The van der Waals surface area contributed by atoms with Crippen molar-refractivity contribution in [1.82, 2.24) is 4.98 Å². The first-order chi connectivity index (χ1) is 10.0. The van der Waals surface area contributed by atoms with E-state index in [-0.39, 0.29) is 27.4 Å². The molecule has 0 fully saturated rings. The smallest absolute Gasteiger partial charge is 0.287 e. The van der Waals surface area contributed by atoms with E-state index in [1.165, 1.54) is 24.4 Å². The number of amidine groups is 1. The molecule has 3 N–H and O–H groups in total. The van der Waals surface area contributed by atoms with E-state index >= 15 is 0 Å². The number of nitrogens with zero attached hydrogens (tertiary/aromatic N) is 3. The van der Waals surface area contributed by atoms with Gasteiger partial charge in [0, 0.05) is 18.3 Å². The highest BCUT2D eigenvalue weighted by molar-refractivity contribution is 9.10. The summed E-state index contributed by atoms with van der Waals surface area (Å²) in [4.78, 5) is 14.2. The second-order valence-electron chi connectivity index (χ2n) is 3.81. The Morgan fingerprint density at radius 1 is 1.48 bits per heavy atom. The van der Waals surface area contributed by atoms with Crippen LogP contribution in [0.2, 0.25) is 0 Å². The molecule has 2 aromatic rings.